The van der Waals surface area contributed by atoms with Gasteiger partial charge in [-0.05, 0) is 24.1 Å². The van der Waals surface area contributed by atoms with Crippen LogP contribution in [0.15, 0.2) is 28.7 Å². The van der Waals surface area contributed by atoms with E-state index in [1.807, 2.05) is 31.2 Å². The molecule has 14 heavy (non-hydrogen) atoms. The highest BCUT2D eigenvalue weighted by atomic mass is 79.9. The molecule has 2 nitrogen and oxygen atoms in total. The van der Waals surface area contributed by atoms with Crippen molar-refractivity contribution < 1.29 is 9.84 Å². The molecule has 1 unspecified atom stereocenters. The molecule has 0 heterocycles. The van der Waals surface area contributed by atoms with Gasteiger partial charge in [0, 0.05) is 11.1 Å². The number of benzene rings is 1. The van der Waals surface area contributed by atoms with E-state index in [0.717, 1.165) is 16.5 Å². The molecule has 0 bridgehead atoms. The molecular weight excluding hydrogens is 244 g/mol. The Balaban J connectivity index is 2.47. The van der Waals surface area contributed by atoms with Crippen molar-refractivity contribution >= 4 is 15.9 Å². The van der Waals surface area contributed by atoms with E-state index in [-0.39, 0.29) is 0 Å². The molecule has 0 aromatic heterocycles. The number of hydrogen-bond donors (Lipinski definition) is 1. The van der Waals surface area contributed by atoms with Crippen molar-refractivity contribution in [3.8, 4) is 0 Å². The van der Waals surface area contributed by atoms with Crippen LogP contribution in [0.1, 0.15) is 25.0 Å². The molecule has 0 fully saturated rings. The third-order valence-corrected chi connectivity index (χ3v) is 2.35. The molecule has 0 saturated carbocycles. The lowest BCUT2D eigenvalue weighted by Gasteiger charge is -2.11. The van der Waals surface area contributed by atoms with E-state index in [2.05, 4.69) is 15.9 Å². The topological polar surface area (TPSA) is 29.5 Å². The van der Waals surface area contributed by atoms with Gasteiger partial charge in [-0.1, -0.05) is 35.0 Å². The predicted octanol–water partition coefficient (Wildman–Crippen LogP) is 2.91. The molecule has 0 saturated heterocycles. The molecule has 0 amide bonds. The fourth-order valence-corrected chi connectivity index (χ4v) is 1.57. The summed E-state index contributed by atoms with van der Waals surface area (Å²) >= 11 is 3.36. The second-order valence-corrected chi connectivity index (χ2v) is 4.06. The fourth-order valence-electron chi connectivity index (χ4n) is 1.15. The van der Waals surface area contributed by atoms with Crippen LogP contribution in [0.3, 0.4) is 0 Å². The van der Waals surface area contributed by atoms with Gasteiger partial charge in [-0.2, -0.15) is 0 Å². The highest BCUT2D eigenvalue weighted by Gasteiger charge is 2.06. The maximum atomic E-state index is 9.73. The number of aliphatic hydroxyl groups excluding tert-OH is 1. The zero-order valence-electron chi connectivity index (χ0n) is 8.24. The van der Waals surface area contributed by atoms with Crippen LogP contribution in [-0.4, -0.2) is 18.3 Å². The molecule has 0 aliphatic rings. The van der Waals surface area contributed by atoms with Crippen molar-refractivity contribution in [2.24, 2.45) is 0 Å². The molecule has 1 atom stereocenters. The van der Waals surface area contributed by atoms with Crippen LogP contribution in [0.25, 0.3) is 0 Å². The highest BCUT2D eigenvalue weighted by molar-refractivity contribution is 9.10. The van der Waals surface area contributed by atoms with E-state index in [9.17, 15) is 5.11 Å². The minimum Gasteiger partial charge on any atom is -0.386 e. The standard InChI is InChI=1S/C11H15BrO2/c1-2-6-14-8-11(13)9-4-3-5-10(12)7-9/h3-5,7,11,13H,2,6,8H2,1H3. The molecule has 0 radical (unpaired) electrons. The molecule has 78 valence electrons. The number of halogens is 1. The van der Waals surface area contributed by atoms with Crippen molar-refractivity contribution in [2.75, 3.05) is 13.2 Å². The first-order valence-corrected chi connectivity index (χ1v) is 5.54. The average molecular weight is 259 g/mol. The quantitative estimate of drug-likeness (QED) is 0.824. The summed E-state index contributed by atoms with van der Waals surface area (Å²) in [5, 5.41) is 9.73. The van der Waals surface area contributed by atoms with Crippen molar-refractivity contribution in [2.45, 2.75) is 19.4 Å². The fraction of sp³-hybridized carbons (Fsp3) is 0.455. The molecule has 1 aromatic carbocycles. The highest BCUT2D eigenvalue weighted by Crippen LogP contribution is 2.18. The van der Waals surface area contributed by atoms with Crippen LogP contribution in [-0.2, 0) is 4.74 Å². The molecular formula is C11H15BrO2. The normalized spacial score (nSPS) is 12.8. The van der Waals surface area contributed by atoms with Gasteiger partial charge < -0.3 is 9.84 Å². The molecule has 0 aliphatic heterocycles. The summed E-state index contributed by atoms with van der Waals surface area (Å²) in [6.45, 7) is 3.11. The Morgan fingerprint density at radius 1 is 1.50 bits per heavy atom. The summed E-state index contributed by atoms with van der Waals surface area (Å²) in [5.74, 6) is 0. The van der Waals surface area contributed by atoms with E-state index >= 15 is 0 Å². The first-order valence-electron chi connectivity index (χ1n) is 4.75. The SMILES string of the molecule is CCCOCC(O)c1cccc(Br)c1. The lowest BCUT2D eigenvalue weighted by molar-refractivity contribution is 0.0363. The Labute approximate surface area is 93.0 Å². The smallest absolute Gasteiger partial charge is 0.102 e. The van der Waals surface area contributed by atoms with E-state index < -0.39 is 6.10 Å². The lowest BCUT2D eigenvalue weighted by atomic mass is 10.1. The Hall–Kier alpha value is -0.380. The molecule has 1 aromatic rings. The van der Waals surface area contributed by atoms with Crippen LogP contribution >= 0.6 is 15.9 Å². The van der Waals surface area contributed by atoms with Crippen molar-refractivity contribution in [3.63, 3.8) is 0 Å². The summed E-state index contributed by atoms with van der Waals surface area (Å²) in [4.78, 5) is 0. The van der Waals surface area contributed by atoms with Crippen LogP contribution in [0.2, 0.25) is 0 Å². The first kappa shape index (κ1) is 11.7. The third-order valence-electron chi connectivity index (χ3n) is 1.86. The van der Waals surface area contributed by atoms with Gasteiger partial charge >= 0.3 is 0 Å². The van der Waals surface area contributed by atoms with Crippen molar-refractivity contribution in [3.05, 3.63) is 34.3 Å². The van der Waals surface area contributed by atoms with Gasteiger partial charge in [0.25, 0.3) is 0 Å². The van der Waals surface area contributed by atoms with Crippen LogP contribution in [0, 0.1) is 0 Å². The molecule has 1 N–H and O–H groups in total. The number of hydrogen-bond acceptors (Lipinski definition) is 2. The minimum absolute atomic E-state index is 0.365. The maximum absolute atomic E-state index is 9.73. The zero-order valence-corrected chi connectivity index (χ0v) is 9.83. The Morgan fingerprint density at radius 3 is 2.93 bits per heavy atom. The van der Waals surface area contributed by atoms with E-state index in [1.165, 1.54) is 0 Å². The minimum atomic E-state index is -0.529. The largest absolute Gasteiger partial charge is 0.386 e. The van der Waals surface area contributed by atoms with Crippen molar-refractivity contribution in [1.29, 1.82) is 0 Å². The molecule has 0 aliphatic carbocycles. The molecule has 3 heteroatoms. The third kappa shape index (κ3) is 3.78. The lowest BCUT2D eigenvalue weighted by Crippen LogP contribution is -2.07. The monoisotopic (exact) mass is 258 g/mol. The number of aliphatic hydroxyl groups is 1. The van der Waals surface area contributed by atoms with Gasteiger partial charge in [-0.15, -0.1) is 0 Å². The second-order valence-electron chi connectivity index (χ2n) is 3.15. The summed E-state index contributed by atoms with van der Waals surface area (Å²) in [7, 11) is 0. The average Bonchev–Trinajstić information content (AvgIpc) is 2.18. The first-order chi connectivity index (χ1) is 6.74. The summed E-state index contributed by atoms with van der Waals surface area (Å²) in [5.41, 5.74) is 0.885. The molecule has 1 rings (SSSR count). The summed E-state index contributed by atoms with van der Waals surface area (Å²) in [6.07, 6.45) is 0.449. The Morgan fingerprint density at radius 2 is 2.29 bits per heavy atom. The Bertz CT molecular complexity index is 276. The van der Waals surface area contributed by atoms with Gasteiger partial charge in [-0.3, -0.25) is 0 Å². The van der Waals surface area contributed by atoms with E-state index in [1.54, 1.807) is 0 Å². The van der Waals surface area contributed by atoms with Crippen LogP contribution in [0.5, 0.6) is 0 Å². The van der Waals surface area contributed by atoms with Crippen LogP contribution < -0.4 is 0 Å². The second kappa shape index (κ2) is 6.17. The van der Waals surface area contributed by atoms with Gasteiger partial charge in [0.05, 0.1) is 6.61 Å². The van der Waals surface area contributed by atoms with Crippen LogP contribution in [0.4, 0.5) is 0 Å². The van der Waals surface area contributed by atoms with E-state index in [4.69, 9.17) is 4.74 Å². The van der Waals surface area contributed by atoms with Gasteiger partial charge in [0.15, 0.2) is 0 Å². The van der Waals surface area contributed by atoms with Gasteiger partial charge in [0.2, 0.25) is 0 Å². The maximum Gasteiger partial charge on any atom is 0.102 e. The van der Waals surface area contributed by atoms with Gasteiger partial charge in [-0.25, -0.2) is 0 Å². The molecule has 0 spiro atoms. The zero-order chi connectivity index (χ0) is 10.4. The van der Waals surface area contributed by atoms with E-state index in [0.29, 0.717) is 13.2 Å². The van der Waals surface area contributed by atoms with Crippen molar-refractivity contribution in [1.82, 2.24) is 0 Å². The van der Waals surface area contributed by atoms with Gasteiger partial charge in [0.1, 0.15) is 6.10 Å². The Kier molecular flexibility index (Phi) is 5.15. The predicted molar refractivity (Wildman–Crippen MR) is 60.2 cm³/mol. The summed E-state index contributed by atoms with van der Waals surface area (Å²) in [6, 6.07) is 7.64. The summed E-state index contributed by atoms with van der Waals surface area (Å²) < 4.78 is 6.25. The number of rotatable bonds is 5. The number of ether oxygens (including phenoxy) is 1.